The molecule has 5 nitrogen and oxygen atoms in total. The minimum atomic E-state index is 0.646. The van der Waals surface area contributed by atoms with E-state index in [-0.39, 0.29) is 0 Å². The molecule has 1 fully saturated rings. The Morgan fingerprint density at radius 3 is 2.86 bits per heavy atom. The van der Waals surface area contributed by atoms with Gasteiger partial charge in [0.05, 0.1) is 11.2 Å². The van der Waals surface area contributed by atoms with Gasteiger partial charge in [0.2, 0.25) is 5.95 Å². The maximum atomic E-state index is 4.69. The van der Waals surface area contributed by atoms with Gasteiger partial charge in [0.1, 0.15) is 0 Å². The maximum Gasteiger partial charge on any atom is 0.225 e. The van der Waals surface area contributed by atoms with Crippen molar-refractivity contribution in [3.63, 3.8) is 0 Å². The summed E-state index contributed by atoms with van der Waals surface area (Å²) in [5.74, 6) is 2.13. The molecule has 1 N–H and O–H groups in total. The first kappa shape index (κ1) is 12.3. The molecule has 0 bridgehead atoms. The van der Waals surface area contributed by atoms with Crippen molar-refractivity contribution in [2.24, 2.45) is 0 Å². The van der Waals surface area contributed by atoms with E-state index < -0.39 is 0 Å². The van der Waals surface area contributed by atoms with Crippen LogP contribution in [0.2, 0.25) is 0 Å². The molecule has 5 heteroatoms. The summed E-state index contributed by atoms with van der Waals surface area (Å²) in [4.78, 5) is 9.17. The molecule has 1 aliphatic carbocycles. The fourth-order valence-corrected chi connectivity index (χ4v) is 2.52. The quantitative estimate of drug-likeness (QED) is 0.797. The van der Waals surface area contributed by atoms with Crippen LogP contribution >= 0.6 is 0 Å². The van der Waals surface area contributed by atoms with Gasteiger partial charge in [-0.15, -0.1) is 0 Å². The Morgan fingerprint density at radius 1 is 1.19 bits per heavy atom. The number of rotatable bonds is 4. The first-order valence-corrected chi connectivity index (χ1v) is 7.42. The third-order valence-corrected chi connectivity index (χ3v) is 3.74. The van der Waals surface area contributed by atoms with Crippen molar-refractivity contribution in [3.05, 3.63) is 42.2 Å². The number of fused-ring (bicyclic) bond motifs is 1. The van der Waals surface area contributed by atoms with Crippen LogP contribution in [0.1, 0.15) is 31.4 Å². The second kappa shape index (κ2) is 4.84. The van der Waals surface area contributed by atoms with E-state index in [4.69, 9.17) is 5.10 Å². The number of anilines is 1. The molecule has 1 aromatic carbocycles. The summed E-state index contributed by atoms with van der Waals surface area (Å²) in [7, 11) is 0. The van der Waals surface area contributed by atoms with Gasteiger partial charge in [-0.05, 0) is 38.0 Å². The fourth-order valence-electron chi connectivity index (χ4n) is 2.52. The zero-order chi connectivity index (χ0) is 14.2. The minimum Gasteiger partial charge on any atom is -0.354 e. The number of benzene rings is 1. The van der Waals surface area contributed by atoms with Crippen molar-refractivity contribution in [1.82, 2.24) is 19.7 Å². The van der Waals surface area contributed by atoms with Crippen molar-refractivity contribution in [1.29, 1.82) is 0 Å². The predicted octanol–water partition coefficient (Wildman–Crippen LogP) is 3.12. The zero-order valence-electron chi connectivity index (χ0n) is 12.0. The molecule has 4 rings (SSSR count). The molecule has 2 aromatic heterocycles. The Hall–Kier alpha value is -2.43. The van der Waals surface area contributed by atoms with Crippen LogP contribution in [-0.4, -0.2) is 26.3 Å². The highest BCUT2D eigenvalue weighted by Gasteiger charge is 2.26. The Kier molecular flexibility index (Phi) is 2.84. The van der Waals surface area contributed by atoms with Gasteiger partial charge < -0.3 is 5.32 Å². The predicted molar refractivity (Wildman–Crippen MR) is 82.8 cm³/mol. The molecule has 106 valence electrons. The lowest BCUT2D eigenvalue weighted by Gasteiger charge is -2.09. The SMILES string of the molecule is CCNc1nc(-n2ccc(C3CC3)n2)c2ccccc2n1. The number of aromatic nitrogens is 4. The Morgan fingerprint density at radius 2 is 2.05 bits per heavy atom. The monoisotopic (exact) mass is 279 g/mol. The van der Waals surface area contributed by atoms with Crippen LogP contribution in [-0.2, 0) is 0 Å². The molecule has 0 aliphatic heterocycles. The van der Waals surface area contributed by atoms with Crippen LogP contribution in [0.5, 0.6) is 0 Å². The van der Waals surface area contributed by atoms with E-state index in [0.29, 0.717) is 11.9 Å². The van der Waals surface area contributed by atoms with Crippen LogP contribution in [0.4, 0.5) is 5.95 Å². The lowest BCUT2D eigenvalue weighted by molar-refractivity contribution is 0.816. The van der Waals surface area contributed by atoms with Gasteiger partial charge in [0, 0.05) is 24.0 Å². The molecule has 0 amide bonds. The molecule has 0 radical (unpaired) electrons. The molecule has 2 heterocycles. The molecule has 21 heavy (non-hydrogen) atoms. The highest BCUT2D eigenvalue weighted by atomic mass is 15.3. The van der Waals surface area contributed by atoms with E-state index in [0.717, 1.165) is 23.3 Å². The van der Waals surface area contributed by atoms with Crippen LogP contribution < -0.4 is 5.32 Å². The van der Waals surface area contributed by atoms with Gasteiger partial charge in [0.25, 0.3) is 0 Å². The van der Waals surface area contributed by atoms with Gasteiger partial charge >= 0.3 is 0 Å². The highest BCUT2D eigenvalue weighted by Crippen LogP contribution is 2.39. The van der Waals surface area contributed by atoms with Gasteiger partial charge in [0.15, 0.2) is 5.82 Å². The third kappa shape index (κ3) is 2.24. The topological polar surface area (TPSA) is 55.6 Å². The Bertz CT molecular complexity index is 788. The molecule has 3 aromatic rings. The van der Waals surface area contributed by atoms with Crippen LogP contribution in [0, 0.1) is 0 Å². The Balaban J connectivity index is 1.87. The minimum absolute atomic E-state index is 0.646. The second-order valence-electron chi connectivity index (χ2n) is 5.38. The lowest BCUT2D eigenvalue weighted by atomic mass is 10.2. The standard InChI is InChI=1S/C16H17N5/c1-2-17-16-18-14-6-4-3-5-12(14)15(19-16)21-10-9-13(20-21)11-7-8-11/h3-6,9-11H,2,7-8H2,1H3,(H,17,18,19). The van der Waals surface area contributed by atoms with Gasteiger partial charge in [-0.1, -0.05) is 12.1 Å². The maximum absolute atomic E-state index is 4.69. The molecular formula is C16H17N5. The summed E-state index contributed by atoms with van der Waals surface area (Å²) in [6, 6.07) is 10.1. The van der Waals surface area contributed by atoms with Crippen molar-refractivity contribution >= 4 is 16.9 Å². The van der Waals surface area contributed by atoms with Crippen molar-refractivity contribution < 1.29 is 0 Å². The first-order chi connectivity index (χ1) is 10.3. The van der Waals surface area contributed by atoms with E-state index in [2.05, 4.69) is 21.4 Å². The summed E-state index contributed by atoms with van der Waals surface area (Å²) in [6.07, 6.45) is 4.51. The zero-order valence-corrected chi connectivity index (χ0v) is 12.0. The summed E-state index contributed by atoms with van der Waals surface area (Å²) < 4.78 is 1.87. The third-order valence-electron chi connectivity index (χ3n) is 3.74. The van der Waals surface area contributed by atoms with E-state index in [1.807, 2.05) is 42.1 Å². The smallest absolute Gasteiger partial charge is 0.225 e. The van der Waals surface area contributed by atoms with Crippen molar-refractivity contribution in [2.45, 2.75) is 25.7 Å². The van der Waals surface area contributed by atoms with Gasteiger partial charge in [-0.2, -0.15) is 10.1 Å². The molecule has 0 spiro atoms. The summed E-state index contributed by atoms with van der Waals surface area (Å²) in [5.41, 5.74) is 2.10. The van der Waals surface area contributed by atoms with Crippen LogP contribution in [0.3, 0.4) is 0 Å². The van der Waals surface area contributed by atoms with Crippen LogP contribution in [0.15, 0.2) is 36.5 Å². The number of hydrogen-bond acceptors (Lipinski definition) is 4. The summed E-state index contributed by atoms with van der Waals surface area (Å²) in [6.45, 7) is 2.83. The lowest BCUT2D eigenvalue weighted by Crippen LogP contribution is -2.07. The average molecular weight is 279 g/mol. The highest BCUT2D eigenvalue weighted by molar-refractivity contribution is 5.86. The van der Waals surface area contributed by atoms with Gasteiger partial charge in [-0.25, -0.2) is 9.67 Å². The average Bonchev–Trinajstić information content (AvgIpc) is 3.24. The molecule has 0 unspecified atom stereocenters. The summed E-state index contributed by atoms with van der Waals surface area (Å²) >= 11 is 0. The van der Waals surface area contributed by atoms with Gasteiger partial charge in [-0.3, -0.25) is 0 Å². The normalized spacial score (nSPS) is 14.5. The fraction of sp³-hybridized carbons (Fsp3) is 0.312. The van der Waals surface area contributed by atoms with E-state index in [1.54, 1.807) is 0 Å². The van der Waals surface area contributed by atoms with E-state index in [9.17, 15) is 0 Å². The Labute approximate surface area is 123 Å². The molecule has 1 aliphatic rings. The van der Waals surface area contributed by atoms with Crippen molar-refractivity contribution in [3.8, 4) is 5.82 Å². The molecular weight excluding hydrogens is 262 g/mol. The molecule has 1 saturated carbocycles. The number of nitrogens with zero attached hydrogens (tertiary/aromatic N) is 4. The molecule has 0 atom stereocenters. The van der Waals surface area contributed by atoms with E-state index in [1.165, 1.54) is 18.5 Å². The van der Waals surface area contributed by atoms with Crippen molar-refractivity contribution in [2.75, 3.05) is 11.9 Å². The first-order valence-electron chi connectivity index (χ1n) is 7.42. The number of para-hydroxylation sites is 1. The number of hydrogen-bond donors (Lipinski definition) is 1. The molecule has 0 saturated heterocycles. The number of nitrogens with one attached hydrogen (secondary N) is 1. The van der Waals surface area contributed by atoms with E-state index >= 15 is 0 Å². The summed E-state index contributed by atoms with van der Waals surface area (Å²) in [5, 5.41) is 8.90. The second-order valence-corrected chi connectivity index (χ2v) is 5.38. The largest absolute Gasteiger partial charge is 0.354 e. The van der Waals surface area contributed by atoms with Crippen LogP contribution in [0.25, 0.3) is 16.7 Å².